The van der Waals surface area contributed by atoms with Crippen molar-refractivity contribution in [2.75, 3.05) is 26.2 Å². The van der Waals surface area contributed by atoms with Crippen LogP contribution in [0.4, 0.5) is 0 Å². The van der Waals surface area contributed by atoms with Gasteiger partial charge in [0.25, 0.3) is 0 Å². The molecule has 4 bridgehead atoms. The van der Waals surface area contributed by atoms with Gasteiger partial charge in [0.2, 0.25) is 0 Å². The summed E-state index contributed by atoms with van der Waals surface area (Å²) >= 11 is 0. The van der Waals surface area contributed by atoms with E-state index in [-0.39, 0.29) is 0 Å². The number of nitrogens with zero attached hydrogens (tertiary/aromatic N) is 2. The Kier molecular flexibility index (Phi) is 13.5. The van der Waals surface area contributed by atoms with Crippen LogP contribution in [0.15, 0.2) is 47.9 Å². The Balaban J connectivity index is 1.36. The molecule has 0 aliphatic carbocycles. The Morgan fingerprint density at radius 2 is 0.727 bits per heavy atom. The molecule has 0 saturated heterocycles. The molecule has 0 aromatic heterocycles. The van der Waals surface area contributed by atoms with Gasteiger partial charge in [0, 0.05) is 38.6 Å². The van der Waals surface area contributed by atoms with Crippen molar-refractivity contribution in [2.45, 2.75) is 122 Å². The largest absolute Gasteiger partial charge is 0.373 e. The molecule has 0 fully saturated rings. The van der Waals surface area contributed by atoms with E-state index in [1.807, 2.05) is 0 Å². The summed E-state index contributed by atoms with van der Waals surface area (Å²) in [6, 6.07) is 0. The SMILES string of the molecule is C1=CC2=CN(C1)CCCCCCCCCCCC1=CN(CC=C1)CCCCCCCCCC2. The molecule has 2 nitrogen and oxygen atoms in total. The average Bonchev–Trinajstić information content (AvgIpc) is 2.84. The Morgan fingerprint density at radius 3 is 1.12 bits per heavy atom. The van der Waals surface area contributed by atoms with Crippen LogP contribution < -0.4 is 0 Å². The summed E-state index contributed by atoms with van der Waals surface area (Å²) in [5.41, 5.74) is 3.12. The third kappa shape index (κ3) is 12.0. The summed E-state index contributed by atoms with van der Waals surface area (Å²) in [5, 5.41) is 0. The van der Waals surface area contributed by atoms with Crippen LogP contribution in [0, 0.1) is 0 Å². The van der Waals surface area contributed by atoms with E-state index in [0.717, 1.165) is 13.1 Å². The molecule has 0 unspecified atom stereocenters. The Labute approximate surface area is 205 Å². The molecule has 0 aromatic rings. The predicted molar refractivity (Wildman–Crippen MR) is 145 cm³/mol. The first-order valence-electron chi connectivity index (χ1n) is 14.6. The minimum atomic E-state index is 1.12. The first-order valence-corrected chi connectivity index (χ1v) is 14.6. The number of hydrogen-bond donors (Lipinski definition) is 0. The van der Waals surface area contributed by atoms with Gasteiger partial charge in [0.1, 0.15) is 0 Å². The maximum Gasteiger partial charge on any atom is 0.0357 e. The van der Waals surface area contributed by atoms with Crippen LogP contribution in [0.25, 0.3) is 0 Å². The molecule has 0 aromatic carbocycles. The fourth-order valence-electron chi connectivity index (χ4n) is 5.53. The maximum atomic E-state index is 2.55. The Morgan fingerprint density at radius 1 is 0.394 bits per heavy atom. The van der Waals surface area contributed by atoms with Crippen molar-refractivity contribution in [1.29, 1.82) is 0 Å². The molecular formula is C31H52N2. The Bertz CT molecular complexity index is 627. The fraction of sp³-hybridized carbons (Fsp3) is 0.742. The first kappa shape index (κ1) is 26.2. The molecular weight excluding hydrogens is 400 g/mol. The molecule has 2 heteroatoms. The highest BCUT2D eigenvalue weighted by atomic mass is 15.1. The monoisotopic (exact) mass is 452 g/mol. The van der Waals surface area contributed by atoms with Crippen molar-refractivity contribution in [2.24, 2.45) is 0 Å². The van der Waals surface area contributed by atoms with Crippen molar-refractivity contribution < 1.29 is 0 Å². The lowest BCUT2D eigenvalue weighted by atomic mass is 10.0. The second-order valence-electron chi connectivity index (χ2n) is 10.7. The second kappa shape index (κ2) is 17.1. The molecule has 0 amide bonds. The molecule has 3 aliphatic rings. The standard InChI is InChI=1S/C31H52N2/c1-2-6-10-14-20-30-22-18-27-33(28-30)25-17-13-9-5-3-7-11-15-21-31-23-19-26-32(29-31)24-16-12-8-4-1/h18-19,22-23,28-29H,1-17,20-21,24-27H2. The van der Waals surface area contributed by atoms with Gasteiger partial charge in [0.15, 0.2) is 0 Å². The summed E-state index contributed by atoms with van der Waals surface area (Å²) in [5.74, 6) is 0. The molecule has 0 spiro atoms. The van der Waals surface area contributed by atoms with Crippen LogP contribution in [0.2, 0.25) is 0 Å². The van der Waals surface area contributed by atoms with Crippen LogP contribution >= 0.6 is 0 Å². The van der Waals surface area contributed by atoms with E-state index in [1.54, 1.807) is 11.1 Å². The van der Waals surface area contributed by atoms with Gasteiger partial charge in [-0.25, -0.2) is 0 Å². The number of hydrogen-bond acceptors (Lipinski definition) is 2. The molecule has 0 atom stereocenters. The van der Waals surface area contributed by atoms with Crippen LogP contribution in [-0.4, -0.2) is 36.0 Å². The second-order valence-corrected chi connectivity index (χ2v) is 10.7. The molecule has 0 N–H and O–H groups in total. The van der Waals surface area contributed by atoms with Crippen molar-refractivity contribution >= 4 is 0 Å². The van der Waals surface area contributed by atoms with Crippen LogP contribution in [-0.2, 0) is 0 Å². The van der Waals surface area contributed by atoms with Gasteiger partial charge in [-0.2, -0.15) is 0 Å². The molecule has 33 heavy (non-hydrogen) atoms. The third-order valence-corrected chi connectivity index (χ3v) is 7.61. The smallest absolute Gasteiger partial charge is 0.0357 e. The lowest BCUT2D eigenvalue weighted by Crippen LogP contribution is -2.21. The summed E-state index contributed by atoms with van der Waals surface area (Å²) in [6.45, 7) is 4.73. The predicted octanol–water partition coefficient (Wildman–Crippen LogP) is 8.92. The average molecular weight is 453 g/mol. The molecule has 0 radical (unpaired) electrons. The van der Waals surface area contributed by atoms with Gasteiger partial charge in [-0.1, -0.05) is 108 Å². The zero-order valence-electron chi connectivity index (χ0n) is 21.6. The van der Waals surface area contributed by atoms with Gasteiger partial charge < -0.3 is 9.80 Å². The maximum absolute atomic E-state index is 2.55. The van der Waals surface area contributed by atoms with E-state index in [1.165, 1.54) is 135 Å². The first-order chi connectivity index (χ1) is 16.4. The zero-order chi connectivity index (χ0) is 22.8. The van der Waals surface area contributed by atoms with Crippen LogP contribution in [0.3, 0.4) is 0 Å². The topological polar surface area (TPSA) is 6.48 Å². The number of fused-ring (bicyclic) bond motifs is 2. The van der Waals surface area contributed by atoms with E-state index in [9.17, 15) is 0 Å². The summed E-state index contributed by atoms with van der Waals surface area (Å²) in [7, 11) is 0. The third-order valence-electron chi connectivity index (χ3n) is 7.61. The molecule has 3 aliphatic heterocycles. The van der Waals surface area contributed by atoms with E-state index < -0.39 is 0 Å². The highest BCUT2D eigenvalue weighted by molar-refractivity contribution is 5.22. The quantitative estimate of drug-likeness (QED) is 0.362. The van der Waals surface area contributed by atoms with E-state index in [4.69, 9.17) is 0 Å². The number of allylic oxidation sites excluding steroid dienone is 4. The highest BCUT2D eigenvalue weighted by Gasteiger charge is 2.07. The summed E-state index contributed by atoms with van der Waals surface area (Å²) in [6.07, 6.45) is 40.9. The van der Waals surface area contributed by atoms with Crippen molar-refractivity contribution in [1.82, 2.24) is 9.80 Å². The normalized spacial score (nSPS) is 24.0. The van der Waals surface area contributed by atoms with Crippen molar-refractivity contribution in [3.8, 4) is 0 Å². The number of rotatable bonds is 0. The zero-order valence-corrected chi connectivity index (χ0v) is 21.6. The Hall–Kier alpha value is -1.44. The lowest BCUT2D eigenvalue weighted by molar-refractivity contribution is 0.387. The van der Waals surface area contributed by atoms with Gasteiger partial charge in [-0.3, -0.25) is 0 Å². The highest BCUT2D eigenvalue weighted by Crippen LogP contribution is 2.20. The van der Waals surface area contributed by atoms with E-state index >= 15 is 0 Å². The molecule has 0 saturated carbocycles. The van der Waals surface area contributed by atoms with E-state index in [0.29, 0.717) is 0 Å². The molecule has 3 heterocycles. The summed E-state index contributed by atoms with van der Waals surface area (Å²) in [4.78, 5) is 5.11. The molecule has 3 rings (SSSR count). The fourth-order valence-corrected chi connectivity index (χ4v) is 5.53. The minimum Gasteiger partial charge on any atom is -0.373 e. The van der Waals surface area contributed by atoms with Gasteiger partial charge in [-0.05, 0) is 49.7 Å². The van der Waals surface area contributed by atoms with Gasteiger partial charge in [0.05, 0.1) is 0 Å². The van der Waals surface area contributed by atoms with Gasteiger partial charge >= 0.3 is 0 Å². The van der Waals surface area contributed by atoms with Crippen LogP contribution in [0.1, 0.15) is 122 Å². The van der Waals surface area contributed by atoms with Crippen molar-refractivity contribution in [3.63, 3.8) is 0 Å². The lowest BCUT2D eigenvalue weighted by Gasteiger charge is -2.23. The van der Waals surface area contributed by atoms with Crippen LogP contribution in [0.5, 0.6) is 0 Å². The minimum absolute atomic E-state index is 1.12. The molecule has 186 valence electrons. The van der Waals surface area contributed by atoms with E-state index in [2.05, 4.69) is 46.5 Å². The summed E-state index contributed by atoms with van der Waals surface area (Å²) < 4.78 is 0. The van der Waals surface area contributed by atoms with Gasteiger partial charge in [-0.15, -0.1) is 0 Å². The van der Waals surface area contributed by atoms with Crippen molar-refractivity contribution in [3.05, 3.63) is 47.9 Å².